The Morgan fingerprint density at radius 2 is 1.43 bits per heavy atom. The lowest BCUT2D eigenvalue weighted by atomic mass is 9.98. The summed E-state index contributed by atoms with van der Waals surface area (Å²) in [5, 5.41) is 14.5. The summed E-state index contributed by atoms with van der Waals surface area (Å²) in [7, 11) is 0. The fourth-order valence-electron chi connectivity index (χ4n) is 4.53. The molecule has 35 heavy (non-hydrogen) atoms. The summed E-state index contributed by atoms with van der Waals surface area (Å²) in [5.41, 5.74) is 3.99. The van der Waals surface area contributed by atoms with Gasteiger partial charge in [-0.2, -0.15) is 0 Å². The topological polar surface area (TPSA) is 105 Å². The van der Waals surface area contributed by atoms with Gasteiger partial charge in [-0.3, -0.25) is 9.59 Å². The molecule has 0 radical (unpaired) electrons. The fraction of sp³-hybridized carbons (Fsp3) is 0.250. The van der Waals surface area contributed by atoms with E-state index in [-0.39, 0.29) is 18.9 Å². The highest BCUT2D eigenvalue weighted by Gasteiger charge is 2.32. The number of hydrogen-bond donors (Lipinski definition) is 3. The molecular weight excluding hydrogens is 444 g/mol. The number of alkyl carbamates (subject to hydrolysis) is 1. The van der Waals surface area contributed by atoms with Gasteiger partial charge in [0.2, 0.25) is 5.91 Å². The number of fused-ring (bicyclic) bond motifs is 3. The lowest BCUT2D eigenvalue weighted by molar-refractivity contribution is -0.138. The van der Waals surface area contributed by atoms with E-state index in [0.29, 0.717) is 5.56 Å². The number of nitrogens with one attached hydrogen (secondary N) is 2. The third kappa shape index (κ3) is 5.51. The summed E-state index contributed by atoms with van der Waals surface area (Å²) < 4.78 is 5.61. The number of ether oxygens (including phenoxy) is 1. The van der Waals surface area contributed by atoms with Crippen molar-refractivity contribution in [2.24, 2.45) is 0 Å². The number of hydrogen-bond acceptors (Lipinski definition) is 4. The second kappa shape index (κ2) is 10.0. The Kier molecular flexibility index (Phi) is 6.87. The third-order valence-corrected chi connectivity index (χ3v) is 6.06. The van der Waals surface area contributed by atoms with Crippen LogP contribution in [0.25, 0.3) is 11.1 Å². The third-order valence-electron chi connectivity index (χ3n) is 6.06. The van der Waals surface area contributed by atoms with Gasteiger partial charge < -0.3 is 20.5 Å². The molecule has 7 nitrogen and oxygen atoms in total. The Bertz CT molecular complexity index is 1190. The van der Waals surface area contributed by atoms with E-state index in [1.165, 1.54) is 0 Å². The molecule has 3 N–H and O–H groups in total. The van der Waals surface area contributed by atoms with E-state index < -0.39 is 29.6 Å². The number of carbonyl (C=O) groups excluding carboxylic acids is 2. The summed E-state index contributed by atoms with van der Waals surface area (Å²) in [6.45, 7) is 3.36. The molecule has 4 rings (SSSR count). The molecule has 0 aromatic heterocycles. The van der Waals surface area contributed by atoms with Crippen LogP contribution in [0.2, 0.25) is 0 Å². The van der Waals surface area contributed by atoms with Gasteiger partial charge >= 0.3 is 12.1 Å². The summed E-state index contributed by atoms with van der Waals surface area (Å²) in [6.07, 6.45) is -0.988. The molecule has 1 unspecified atom stereocenters. The summed E-state index contributed by atoms with van der Waals surface area (Å²) in [6, 6.07) is 23.8. The molecule has 0 fully saturated rings. The molecule has 180 valence electrons. The second-order valence-electron chi connectivity index (χ2n) is 9.26. The Hall–Kier alpha value is -4.13. The van der Waals surface area contributed by atoms with Crippen LogP contribution in [0.4, 0.5) is 4.79 Å². The zero-order chi connectivity index (χ0) is 25.0. The molecule has 0 bridgehead atoms. The Morgan fingerprint density at radius 3 is 2.00 bits per heavy atom. The van der Waals surface area contributed by atoms with Crippen LogP contribution in [0, 0.1) is 0 Å². The van der Waals surface area contributed by atoms with Crippen molar-refractivity contribution in [2.75, 3.05) is 6.61 Å². The fourth-order valence-corrected chi connectivity index (χ4v) is 4.53. The second-order valence-corrected chi connectivity index (χ2v) is 9.26. The highest BCUT2D eigenvalue weighted by molar-refractivity contribution is 5.88. The van der Waals surface area contributed by atoms with Crippen molar-refractivity contribution in [1.29, 1.82) is 0 Å². The van der Waals surface area contributed by atoms with Gasteiger partial charge in [0, 0.05) is 11.5 Å². The van der Waals surface area contributed by atoms with Gasteiger partial charge in [0.1, 0.15) is 12.6 Å². The number of carboxylic acids is 1. The molecule has 0 spiro atoms. The molecular formula is C28H28N2O5. The maximum Gasteiger partial charge on any atom is 0.408 e. The first-order valence-corrected chi connectivity index (χ1v) is 11.5. The highest BCUT2D eigenvalue weighted by Crippen LogP contribution is 2.44. The van der Waals surface area contributed by atoms with Gasteiger partial charge in [0.05, 0.1) is 6.42 Å². The number of carbonyl (C=O) groups is 3. The maximum absolute atomic E-state index is 13.1. The molecule has 7 heteroatoms. The van der Waals surface area contributed by atoms with Crippen LogP contribution < -0.4 is 10.6 Å². The molecule has 0 saturated heterocycles. The predicted octanol–water partition coefficient (Wildman–Crippen LogP) is 4.64. The summed E-state index contributed by atoms with van der Waals surface area (Å²) in [4.78, 5) is 37.1. The first-order valence-electron chi connectivity index (χ1n) is 11.5. The smallest absolute Gasteiger partial charge is 0.408 e. The van der Waals surface area contributed by atoms with Crippen LogP contribution in [-0.2, 0) is 14.3 Å². The van der Waals surface area contributed by atoms with Crippen LogP contribution in [0.15, 0.2) is 78.9 Å². The van der Waals surface area contributed by atoms with Gasteiger partial charge in [-0.15, -0.1) is 0 Å². The molecule has 1 atom stereocenters. The molecule has 1 aliphatic rings. The van der Waals surface area contributed by atoms with E-state index in [4.69, 9.17) is 9.84 Å². The lowest BCUT2D eigenvalue weighted by Crippen LogP contribution is -2.50. The first-order chi connectivity index (χ1) is 16.7. The van der Waals surface area contributed by atoms with Crippen LogP contribution in [-0.4, -0.2) is 35.2 Å². The minimum Gasteiger partial charge on any atom is -0.481 e. The van der Waals surface area contributed by atoms with Crippen molar-refractivity contribution in [1.82, 2.24) is 10.6 Å². The average Bonchev–Trinajstić information content (AvgIpc) is 3.14. The Balaban J connectivity index is 1.48. The SMILES string of the molecule is CC(C)(CC(=O)O)NC(=O)C(NC(=O)OCC1c2ccccc2-c2ccccc21)c1ccccc1. The lowest BCUT2D eigenvalue weighted by Gasteiger charge is -2.28. The van der Waals surface area contributed by atoms with E-state index >= 15 is 0 Å². The van der Waals surface area contributed by atoms with E-state index in [1.807, 2.05) is 36.4 Å². The zero-order valence-corrected chi connectivity index (χ0v) is 19.7. The largest absolute Gasteiger partial charge is 0.481 e. The molecule has 1 aliphatic carbocycles. The van der Waals surface area contributed by atoms with Gasteiger partial charge in [-0.25, -0.2) is 4.79 Å². The molecule has 0 aliphatic heterocycles. The van der Waals surface area contributed by atoms with E-state index in [2.05, 4.69) is 22.8 Å². The number of carboxylic acid groups (broad SMARTS) is 1. The summed E-state index contributed by atoms with van der Waals surface area (Å²) in [5.74, 6) is -1.65. The van der Waals surface area contributed by atoms with Crippen molar-refractivity contribution >= 4 is 18.0 Å². The zero-order valence-electron chi connectivity index (χ0n) is 19.7. The van der Waals surface area contributed by atoms with E-state index in [0.717, 1.165) is 22.3 Å². The van der Waals surface area contributed by atoms with E-state index in [1.54, 1.807) is 44.2 Å². The van der Waals surface area contributed by atoms with Crippen LogP contribution in [0.1, 0.15) is 48.9 Å². The van der Waals surface area contributed by atoms with Gasteiger partial charge in [0.15, 0.2) is 0 Å². The number of aliphatic carboxylic acids is 1. The first kappa shape index (κ1) is 24.0. The van der Waals surface area contributed by atoms with Crippen molar-refractivity contribution in [2.45, 2.75) is 37.8 Å². The predicted molar refractivity (Wildman–Crippen MR) is 132 cm³/mol. The highest BCUT2D eigenvalue weighted by atomic mass is 16.5. The van der Waals surface area contributed by atoms with Gasteiger partial charge in [0.25, 0.3) is 0 Å². The van der Waals surface area contributed by atoms with Crippen LogP contribution in [0.3, 0.4) is 0 Å². The standard InChI is InChI=1S/C28H28N2O5/c1-28(2,16-24(31)32)30-26(33)25(18-10-4-3-5-11-18)29-27(34)35-17-23-21-14-8-6-12-19(21)20-13-7-9-15-22(20)23/h3-15,23,25H,16-17H2,1-2H3,(H,29,34)(H,30,33)(H,31,32). The summed E-state index contributed by atoms with van der Waals surface area (Å²) >= 11 is 0. The van der Waals surface area contributed by atoms with Crippen LogP contribution in [0.5, 0.6) is 0 Å². The molecule has 2 amide bonds. The normalized spacial score (nSPS) is 13.3. The molecule has 3 aromatic rings. The van der Waals surface area contributed by atoms with Gasteiger partial charge in [-0.05, 0) is 41.7 Å². The minimum absolute atomic E-state index is 0.105. The van der Waals surface area contributed by atoms with Crippen molar-refractivity contribution in [3.63, 3.8) is 0 Å². The molecule has 0 heterocycles. The van der Waals surface area contributed by atoms with E-state index in [9.17, 15) is 14.4 Å². The molecule has 0 saturated carbocycles. The van der Waals surface area contributed by atoms with Crippen molar-refractivity contribution in [3.05, 3.63) is 95.6 Å². The quantitative estimate of drug-likeness (QED) is 0.443. The number of benzene rings is 3. The number of amides is 2. The number of rotatable bonds is 8. The van der Waals surface area contributed by atoms with Crippen LogP contribution >= 0.6 is 0 Å². The van der Waals surface area contributed by atoms with Gasteiger partial charge in [-0.1, -0.05) is 78.9 Å². The van der Waals surface area contributed by atoms with Crippen molar-refractivity contribution in [3.8, 4) is 11.1 Å². The minimum atomic E-state index is -1.04. The monoisotopic (exact) mass is 472 g/mol. The molecule has 3 aromatic carbocycles. The Labute approximate surface area is 204 Å². The van der Waals surface area contributed by atoms with Crippen molar-refractivity contribution < 1.29 is 24.2 Å². The Morgan fingerprint density at radius 1 is 0.886 bits per heavy atom. The maximum atomic E-state index is 13.1. The average molecular weight is 473 g/mol.